The molecule has 1 atom stereocenters. The number of rotatable bonds is 6. The van der Waals surface area contributed by atoms with Gasteiger partial charge in [-0.2, -0.15) is 0 Å². The number of piperidine rings is 1. The molecular formula is C17H27N3O. The molecule has 0 aliphatic carbocycles. The molecule has 1 heterocycles. The fraction of sp³-hybridized carbons (Fsp3) is 0.588. The van der Waals surface area contributed by atoms with Gasteiger partial charge in [0.2, 0.25) is 5.91 Å². The Balaban J connectivity index is 1.77. The molecule has 1 amide bonds. The van der Waals surface area contributed by atoms with Gasteiger partial charge in [0.25, 0.3) is 0 Å². The minimum Gasteiger partial charge on any atom is -0.345 e. The van der Waals surface area contributed by atoms with Gasteiger partial charge in [0.1, 0.15) is 0 Å². The van der Waals surface area contributed by atoms with E-state index in [0.717, 1.165) is 32.6 Å². The molecule has 0 saturated carbocycles. The Morgan fingerprint density at radius 1 is 1.38 bits per heavy atom. The predicted molar refractivity (Wildman–Crippen MR) is 86.1 cm³/mol. The first-order valence-corrected chi connectivity index (χ1v) is 7.92. The van der Waals surface area contributed by atoms with E-state index in [9.17, 15) is 4.79 Å². The highest BCUT2D eigenvalue weighted by Crippen LogP contribution is 2.13. The molecule has 4 heteroatoms. The summed E-state index contributed by atoms with van der Waals surface area (Å²) in [6, 6.07) is 11.0. The summed E-state index contributed by atoms with van der Waals surface area (Å²) in [4.78, 5) is 16.1. The van der Waals surface area contributed by atoms with Gasteiger partial charge in [0, 0.05) is 32.7 Å². The molecular weight excluding hydrogens is 262 g/mol. The van der Waals surface area contributed by atoms with Crippen molar-refractivity contribution in [1.82, 2.24) is 15.1 Å². The van der Waals surface area contributed by atoms with E-state index in [4.69, 9.17) is 0 Å². The zero-order valence-corrected chi connectivity index (χ0v) is 13.2. The van der Waals surface area contributed by atoms with Crippen LogP contribution in [0.4, 0.5) is 0 Å². The van der Waals surface area contributed by atoms with E-state index in [1.165, 1.54) is 12.0 Å². The molecule has 1 aromatic carbocycles. The second-order valence-corrected chi connectivity index (χ2v) is 5.85. The van der Waals surface area contributed by atoms with Crippen LogP contribution in [0.15, 0.2) is 30.3 Å². The molecule has 1 saturated heterocycles. The fourth-order valence-electron chi connectivity index (χ4n) is 2.75. The third kappa shape index (κ3) is 5.14. The van der Waals surface area contributed by atoms with Crippen LogP contribution in [0.2, 0.25) is 0 Å². The average Bonchev–Trinajstić information content (AvgIpc) is 2.53. The summed E-state index contributed by atoms with van der Waals surface area (Å²) >= 11 is 0. The van der Waals surface area contributed by atoms with E-state index in [0.29, 0.717) is 12.6 Å². The molecule has 1 aliphatic rings. The van der Waals surface area contributed by atoms with Gasteiger partial charge in [0.05, 0.1) is 6.54 Å². The molecule has 116 valence electrons. The minimum absolute atomic E-state index is 0.178. The smallest absolute Gasteiger partial charge is 0.236 e. The number of likely N-dealkylation sites (tertiary alicyclic amines) is 1. The average molecular weight is 289 g/mol. The van der Waals surface area contributed by atoms with Crippen molar-refractivity contribution in [3.8, 4) is 0 Å². The Morgan fingerprint density at radius 2 is 2.14 bits per heavy atom. The van der Waals surface area contributed by atoms with Crippen molar-refractivity contribution >= 4 is 5.91 Å². The molecule has 0 bridgehead atoms. The highest BCUT2D eigenvalue weighted by atomic mass is 16.2. The van der Waals surface area contributed by atoms with Crippen LogP contribution in [0.5, 0.6) is 0 Å². The van der Waals surface area contributed by atoms with Gasteiger partial charge >= 0.3 is 0 Å². The molecule has 1 fully saturated rings. The van der Waals surface area contributed by atoms with Crippen LogP contribution in [-0.2, 0) is 11.3 Å². The van der Waals surface area contributed by atoms with Gasteiger partial charge < -0.3 is 10.2 Å². The molecule has 4 nitrogen and oxygen atoms in total. The number of hydrogen-bond acceptors (Lipinski definition) is 3. The third-order valence-electron chi connectivity index (χ3n) is 4.20. The Hall–Kier alpha value is -1.39. The van der Waals surface area contributed by atoms with Crippen LogP contribution >= 0.6 is 0 Å². The van der Waals surface area contributed by atoms with Gasteiger partial charge in [0.15, 0.2) is 0 Å². The lowest BCUT2D eigenvalue weighted by molar-refractivity contribution is -0.128. The zero-order chi connectivity index (χ0) is 15.1. The van der Waals surface area contributed by atoms with Crippen LogP contribution in [0.3, 0.4) is 0 Å². The van der Waals surface area contributed by atoms with Crippen LogP contribution in [0, 0.1) is 0 Å². The number of benzene rings is 1. The SMILES string of the molecule is CCN(C)C(=O)CNC1CCCN(Cc2ccccc2)C1. The van der Waals surface area contributed by atoms with Crippen molar-refractivity contribution in [2.45, 2.75) is 32.4 Å². The Labute approximate surface area is 128 Å². The summed E-state index contributed by atoms with van der Waals surface area (Å²) in [5.74, 6) is 0.178. The first kappa shape index (κ1) is 16.0. The fourth-order valence-corrected chi connectivity index (χ4v) is 2.75. The maximum Gasteiger partial charge on any atom is 0.236 e. The summed E-state index contributed by atoms with van der Waals surface area (Å²) in [7, 11) is 1.85. The maximum absolute atomic E-state index is 11.8. The molecule has 2 rings (SSSR count). The van der Waals surface area contributed by atoms with E-state index >= 15 is 0 Å². The first-order valence-electron chi connectivity index (χ1n) is 7.92. The zero-order valence-electron chi connectivity index (χ0n) is 13.2. The number of nitrogens with one attached hydrogen (secondary N) is 1. The molecule has 1 aliphatic heterocycles. The molecule has 1 aromatic rings. The van der Waals surface area contributed by atoms with Crippen molar-refractivity contribution in [3.63, 3.8) is 0 Å². The van der Waals surface area contributed by atoms with Gasteiger partial charge in [-0.05, 0) is 31.9 Å². The quantitative estimate of drug-likeness (QED) is 0.866. The van der Waals surface area contributed by atoms with Crippen molar-refractivity contribution in [2.24, 2.45) is 0 Å². The topological polar surface area (TPSA) is 35.6 Å². The highest BCUT2D eigenvalue weighted by molar-refractivity contribution is 5.77. The standard InChI is InChI=1S/C17H27N3O/c1-3-19(2)17(21)12-18-16-10-7-11-20(14-16)13-15-8-5-4-6-9-15/h4-6,8-9,16,18H,3,7,10-14H2,1-2H3. The molecule has 21 heavy (non-hydrogen) atoms. The summed E-state index contributed by atoms with van der Waals surface area (Å²) < 4.78 is 0. The summed E-state index contributed by atoms with van der Waals surface area (Å²) in [6.45, 7) is 6.40. The van der Waals surface area contributed by atoms with E-state index < -0.39 is 0 Å². The van der Waals surface area contributed by atoms with Crippen LogP contribution in [0.1, 0.15) is 25.3 Å². The predicted octanol–water partition coefficient (Wildman–Crippen LogP) is 1.72. The molecule has 0 aromatic heterocycles. The number of hydrogen-bond donors (Lipinski definition) is 1. The summed E-state index contributed by atoms with van der Waals surface area (Å²) in [6.07, 6.45) is 2.36. The molecule has 1 N–H and O–H groups in total. The molecule has 0 radical (unpaired) electrons. The maximum atomic E-state index is 11.8. The van der Waals surface area contributed by atoms with Crippen LogP contribution in [0.25, 0.3) is 0 Å². The number of likely N-dealkylation sites (N-methyl/N-ethyl adjacent to an activating group) is 1. The largest absolute Gasteiger partial charge is 0.345 e. The summed E-state index contributed by atoms with van der Waals surface area (Å²) in [5.41, 5.74) is 1.36. The highest BCUT2D eigenvalue weighted by Gasteiger charge is 2.20. The second-order valence-electron chi connectivity index (χ2n) is 5.85. The lowest BCUT2D eigenvalue weighted by Crippen LogP contribution is -2.48. The Kier molecular flexibility index (Phi) is 6.21. The Morgan fingerprint density at radius 3 is 2.86 bits per heavy atom. The van der Waals surface area contributed by atoms with Crippen molar-refractivity contribution in [1.29, 1.82) is 0 Å². The van der Waals surface area contributed by atoms with E-state index in [1.807, 2.05) is 14.0 Å². The molecule has 1 unspecified atom stereocenters. The first-order chi connectivity index (χ1) is 10.2. The second kappa shape index (κ2) is 8.15. The van der Waals surface area contributed by atoms with Crippen LogP contribution in [-0.4, -0.2) is 55.0 Å². The van der Waals surface area contributed by atoms with E-state index in [-0.39, 0.29) is 5.91 Å². The van der Waals surface area contributed by atoms with Gasteiger partial charge in [-0.3, -0.25) is 9.69 Å². The Bertz CT molecular complexity index is 435. The van der Waals surface area contributed by atoms with Gasteiger partial charge in [-0.25, -0.2) is 0 Å². The monoisotopic (exact) mass is 289 g/mol. The number of carbonyl (C=O) groups excluding carboxylic acids is 1. The van der Waals surface area contributed by atoms with Gasteiger partial charge in [-0.15, -0.1) is 0 Å². The normalized spacial score (nSPS) is 19.4. The van der Waals surface area contributed by atoms with Gasteiger partial charge in [-0.1, -0.05) is 30.3 Å². The summed E-state index contributed by atoms with van der Waals surface area (Å²) in [5, 5.41) is 3.42. The van der Waals surface area contributed by atoms with Crippen molar-refractivity contribution in [2.75, 3.05) is 33.2 Å². The van der Waals surface area contributed by atoms with Crippen molar-refractivity contribution in [3.05, 3.63) is 35.9 Å². The van der Waals surface area contributed by atoms with Crippen molar-refractivity contribution < 1.29 is 4.79 Å². The number of carbonyl (C=O) groups is 1. The molecule has 0 spiro atoms. The lowest BCUT2D eigenvalue weighted by Gasteiger charge is -2.33. The van der Waals surface area contributed by atoms with Crippen LogP contribution < -0.4 is 5.32 Å². The third-order valence-corrected chi connectivity index (χ3v) is 4.20. The van der Waals surface area contributed by atoms with E-state index in [1.54, 1.807) is 4.90 Å². The minimum atomic E-state index is 0.178. The number of amides is 1. The lowest BCUT2D eigenvalue weighted by atomic mass is 10.0. The van der Waals surface area contributed by atoms with E-state index in [2.05, 4.69) is 40.5 Å². The number of nitrogens with zero attached hydrogens (tertiary/aromatic N) is 2.